The van der Waals surface area contributed by atoms with Gasteiger partial charge in [-0.1, -0.05) is 13.3 Å². The minimum Gasteiger partial charge on any atom is -0.399 e. The highest BCUT2D eigenvalue weighted by Crippen LogP contribution is 2.36. The van der Waals surface area contributed by atoms with E-state index in [9.17, 15) is 8.42 Å². The molecule has 2 unspecified atom stereocenters. The van der Waals surface area contributed by atoms with Crippen molar-refractivity contribution < 1.29 is 8.42 Å². The molecule has 0 amide bonds. The van der Waals surface area contributed by atoms with Crippen LogP contribution in [0.1, 0.15) is 26.2 Å². The topological polar surface area (TPSA) is 88.0 Å². The van der Waals surface area contributed by atoms with Gasteiger partial charge in [-0.05, 0) is 37.0 Å². The zero-order valence-electron chi connectivity index (χ0n) is 11.4. The summed E-state index contributed by atoms with van der Waals surface area (Å²) in [6.45, 7) is 2.12. The normalized spacial score (nSPS) is 22.2. The summed E-state index contributed by atoms with van der Waals surface area (Å²) in [6, 6.07) is 5.29. The van der Waals surface area contributed by atoms with Crippen molar-refractivity contribution in [3.63, 3.8) is 0 Å². The number of benzene rings is 1. The number of hydrogen-bond acceptors (Lipinski definition) is 3. The van der Waals surface area contributed by atoms with Crippen molar-refractivity contribution in [3.8, 4) is 0 Å². The van der Waals surface area contributed by atoms with Crippen molar-refractivity contribution in [1.82, 2.24) is 9.71 Å². The van der Waals surface area contributed by atoms with E-state index in [1.54, 1.807) is 18.2 Å². The van der Waals surface area contributed by atoms with E-state index in [4.69, 9.17) is 5.73 Å². The Balaban J connectivity index is 1.86. The minimum absolute atomic E-state index is 0.0960. The fourth-order valence-corrected chi connectivity index (χ4v) is 4.18. The Morgan fingerprint density at radius 1 is 1.45 bits per heavy atom. The molecule has 1 aromatic heterocycles. The molecular weight excluding hydrogens is 274 g/mol. The first-order valence-corrected chi connectivity index (χ1v) is 8.38. The summed E-state index contributed by atoms with van der Waals surface area (Å²) in [5, 5.41) is 0.680. The molecule has 1 aromatic carbocycles. The standard InChI is InChI=1S/C14H19N3O2S/c1-2-3-9-6-12(9)17-20(18,19)14-8-16-13-7-10(15)4-5-11(13)14/h4-5,7-9,12,16-17H,2-3,6,15H2,1H3. The van der Waals surface area contributed by atoms with Crippen LogP contribution in [-0.2, 0) is 10.0 Å². The summed E-state index contributed by atoms with van der Waals surface area (Å²) >= 11 is 0. The maximum absolute atomic E-state index is 12.4. The van der Waals surface area contributed by atoms with Gasteiger partial charge < -0.3 is 10.7 Å². The molecule has 1 aliphatic rings. The zero-order chi connectivity index (χ0) is 14.3. The van der Waals surface area contributed by atoms with E-state index in [1.807, 2.05) is 0 Å². The molecule has 1 saturated carbocycles. The highest BCUT2D eigenvalue weighted by molar-refractivity contribution is 7.89. The molecule has 3 rings (SSSR count). The van der Waals surface area contributed by atoms with Crippen molar-refractivity contribution in [1.29, 1.82) is 0 Å². The number of nitrogens with one attached hydrogen (secondary N) is 2. The van der Waals surface area contributed by atoms with Crippen molar-refractivity contribution >= 4 is 26.6 Å². The van der Waals surface area contributed by atoms with Crippen molar-refractivity contribution in [2.75, 3.05) is 5.73 Å². The van der Waals surface area contributed by atoms with Crippen LogP contribution in [-0.4, -0.2) is 19.4 Å². The zero-order valence-corrected chi connectivity index (χ0v) is 12.2. The number of hydrogen-bond donors (Lipinski definition) is 3. The Kier molecular flexibility index (Phi) is 3.22. The molecule has 4 N–H and O–H groups in total. The second-order valence-corrected chi connectivity index (χ2v) is 7.15. The highest BCUT2D eigenvalue weighted by Gasteiger charge is 2.39. The molecule has 2 aromatic rings. The third-order valence-corrected chi connectivity index (χ3v) is 5.38. The van der Waals surface area contributed by atoms with Gasteiger partial charge in [0.15, 0.2) is 0 Å². The number of anilines is 1. The number of rotatable bonds is 5. The second kappa shape index (κ2) is 4.79. The first-order chi connectivity index (χ1) is 9.51. The maximum Gasteiger partial charge on any atom is 0.242 e. The van der Waals surface area contributed by atoms with Crippen LogP contribution in [0.3, 0.4) is 0 Å². The Morgan fingerprint density at radius 3 is 3.00 bits per heavy atom. The van der Waals surface area contributed by atoms with Crippen LogP contribution in [0, 0.1) is 5.92 Å². The van der Waals surface area contributed by atoms with E-state index in [2.05, 4.69) is 16.6 Å². The van der Waals surface area contributed by atoms with Gasteiger partial charge in [0.1, 0.15) is 4.90 Å². The first-order valence-electron chi connectivity index (χ1n) is 6.90. The van der Waals surface area contributed by atoms with E-state index in [1.165, 1.54) is 6.20 Å². The number of aromatic amines is 1. The summed E-state index contributed by atoms with van der Waals surface area (Å²) in [6.07, 6.45) is 4.65. The van der Waals surface area contributed by atoms with Gasteiger partial charge >= 0.3 is 0 Å². The van der Waals surface area contributed by atoms with Gasteiger partial charge in [0.25, 0.3) is 0 Å². The fourth-order valence-electron chi connectivity index (χ4n) is 2.68. The third kappa shape index (κ3) is 2.41. The summed E-state index contributed by atoms with van der Waals surface area (Å²) in [4.78, 5) is 3.27. The molecule has 1 heterocycles. The monoisotopic (exact) mass is 293 g/mol. The number of H-pyrrole nitrogens is 1. The molecule has 2 atom stereocenters. The van der Waals surface area contributed by atoms with Crippen molar-refractivity contribution in [2.45, 2.75) is 37.1 Å². The summed E-state index contributed by atoms with van der Waals surface area (Å²) in [7, 11) is -3.47. The molecule has 1 fully saturated rings. The lowest BCUT2D eigenvalue weighted by Crippen LogP contribution is -2.26. The lowest BCUT2D eigenvalue weighted by atomic mass is 10.2. The predicted molar refractivity (Wildman–Crippen MR) is 79.8 cm³/mol. The van der Waals surface area contributed by atoms with E-state index in [0.29, 0.717) is 21.9 Å². The number of sulfonamides is 1. The van der Waals surface area contributed by atoms with E-state index in [0.717, 1.165) is 24.8 Å². The van der Waals surface area contributed by atoms with Crippen molar-refractivity contribution in [3.05, 3.63) is 24.4 Å². The third-order valence-electron chi connectivity index (χ3n) is 3.85. The van der Waals surface area contributed by atoms with Crippen LogP contribution < -0.4 is 10.5 Å². The molecule has 6 heteroatoms. The van der Waals surface area contributed by atoms with Crippen LogP contribution in [0.5, 0.6) is 0 Å². The lowest BCUT2D eigenvalue weighted by Gasteiger charge is -2.05. The summed E-state index contributed by atoms with van der Waals surface area (Å²) < 4.78 is 27.7. The lowest BCUT2D eigenvalue weighted by molar-refractivity contribution is 0.574. The van der Waals surface area contributed by atoms with Crippen LogP contribution >= 0.6 is 0 Å². The first kappa shape index (κ1) is 13.5. The van der Waals surface area contributed by atoms with E-state index in [-0.39, 0.29) is 6.04 Å². The van der Waals surface area contributed by atoms with Gasteiger partial charge in [0.2, 0.25) is 10.0 Å². The molecule has 20 heavy (non-hydrogen) atoms. The molecule has 0 spiro atoms. The fraction of sp³-hybridized carbons (Fsp3) is 0.429. The minimum atomic E-state index is -3.47. The van der Waals surface area contributed by atoms with Crippen molar-refractivity contribution in [2.24, 2.45) is 5.92 Å². The van der Waals surface area contributed by atoms with Crippen LogP contribution in [0.25, 0.3) is 10.9 Å². The van der Waals surface area contributed by atoms with Gasteiger partial charge in [-0.15, -0.1) is 0 Å². The van der Waals surface area contributed by atoms with Gasteiger partial charge in [0, 0.05) is 28.8 Å². The average molecular weight is 293 g/mol. The largest absolute Gasteiger partial charge is 0.399 e. The quantitative estimate of drug-likeness (QED) is 0.739. The molecule has 1 aliphatic carbocycles. The molecule has 0 radical (unpaired) electrons. The Bertz CT molecular complexity index is 736. The Morgan fingerprint density at radius 2 is 2.25 bits per heavy atom. The Hall–Kier alpha value is -1.53. The molecule has 0 bridgehead atoms. The molecular formula is C14H19N3O2S. The number of fused-ring (bicyclic) bond motifs is 1. The molecule has 0 saturated heterocycles. The number of nitrogens with two attached hydrogens (primary N) is 1. The van der Waals surface area contributed by atoms with Gasteiger partial charge in [0.05, 0.1) is 0 Å². The van der Waals surface area contributed by atoms with E-state index >= 15 is 0 Å². The van der Waals surface area contributed by atoms with Gasteiger partial charge in [-0.2, -0.15) is 0 Å². The molecule has 5 nitrogen and oxygen atoms in total. The van der Waals surface area contributed by atoms with Crippen LogP contribution in [0.4, 0.5) is 5.69 Å². The highest BCUT2D eigenvalue weighted by atomic mass is 32.2. The van der Waals surface area contributed by atoms with E-state index < -0.39 is 10.0 Å². The average Bonchev–Trinajstić information content (AvgIpc) is 2.95. The van der Waals surface area contributed by atoms with Crippen LogP contribution in [0.15, 0.2) is 29.3 Å². The number of aromatic nitrogens is 1. The number of nitrogen functional groups attached to an aromatic ring is 1. The molecule has 108 valence electrons. The molecule has 0 aliphatic heterocycles. The smallest absolute Gasteiger partial charge is 0.242 e. The maximum atomic E-state index is 12.4. The van der Waals surface area contributed by atoms with Gasteiger partial charge in [-0.3, -0.25) is 0 Å². The SMILES string of the molecule is CCCC1CC1NS(=O)(=O)c1c[nH]c2cc(N)ccc12. The second-order valence-electron chi connectivity index (χ2n) is 5.47. The van der Waals surface area contributed by atoms with Gasteiger partial charge in [-0.25, -0.2) is 13.1 Å². The Labute approximate surface area is 118 Å². The predicted octanol–water partition coefficient (Wildman–Crippen LogP) is 2.22. The summed E-state index contributed by atoms with van der Waals surface area (Å²) in [5.74, 6) is 0.496. The van der Waals surface area contributed by atoms with Crippen LogP contribution in [0.2, 0.25) is 0 Å². The summed E-state index contributed by atoms with van der Waals surface area (Å²) in [5.41, 5.74) is 7.05.